The fourth-order valence-electron chi connectivity index (χ4n) is 4.05. The zero-order valence-corrected chi connectivity index (χ0v) is 21.0. The van der Waals surface area contributed by atoms with E-state index in [4.69, 9.17) is 14.2 Å². The van der Waals surface area contributed by atoms with Crippen LogP contribution in [0.15, 0.2) is 132 Å². The van der Waals surface area contributed by atoms with E-state index in [9.17, 15) is 4.79 Å². The van der Waals surface area contributed by atoms with Gasteiger partial charge in [-0.25, -0.2) is 4.79 Å². The monoisotopic (exact) mass is 506 g/mol. The third-order valence-electron chi connectivity index (χ3n) is 5.81. The van der Waals surface area contributed by atoms with Crippen molar-refractivity contribution in [3.05, 3.63) is 122 Å². The molecule has 1 atom stereocenters. The van der Waals surface area contributed by atoms with Crippen LogP contribution in [0.3, 0.4) is 0 Å². The maximum absolute atomic E-state index is 12.0. The Morgan fingerprint density at radius 3 is 2.19 bits per heavy atom. The maximum Gasteiger partial charge on any atom is 0.330 e. The number of benzene rings is 5. The van der Waals surface area contributed by atoms with Crippen LogP contribution in [0.4, 0.5) is 0 Å². The number of ether oxygens (including phenoxy) is 3. The van der Waals surface area contributed by atoms with Gasteiger partial charge in [0, 0.05) is 26.6 Å². The zero-order chi connectivity index (χ0) is 25.5. The van der Waals surface area contributed by atoms with E-state index < -0.39 is 12.1 Å². The summed E-state index contributed by atoms with van der Waals surface area (Å²) in [6.07, 6.45) is 0.525. The topological polar surface area (TPSA) is 44.8 Å². The summed E-state index contributed by atoms with van der Waals surface area (Å²) < 4.78 is 17.9. The molecule has 1 unspecified atom stereocenters. The van der Waals surface area contributed by atoms with Crippen LogP contribution in [0.1, 0.15) is 0 Å². The lowest BCUT2D eigenvalue weighted by Gasteiger charge is -2.20. The number of esters is 1. The summed E-state index contributed by atoms with van der Waals surface area (Å²) in [5, 5.41) is 4.15. The van der Waals surface area contributed by atoms with Crippen molar-refractivity contribution < 1.29 is 19.0 Å². The molecule has 5 heteroatoms. The normalized spacial score (nSPS) is 11.7. The molecule has 5 rings (SSSR count). The summed E-state index contributed by atoms with van der Waals surface area (Å²) in [6.45, 7) is 3.80. The van der Waals surface area contributed by atoms with E-state index in [0.29, 0.717) is 5.75 Å². The lowest BCUT2D eigenvalue weighted by molar-refractivity contribution is -0.146. The Balaban J connectivity index is 1.46. The molecule has 4 nitrogen and oxygen atoms in total. The summed E-state index contributed by atoms with van der Waals surface area (Å²) in [6, 6.07) is 36.4. The number of hydrogen-bond donors (Lipinski definition) is 0. The van der Waals surface area contributed by atoms with Gasteiger partial charge < -0.3 is 14.2 Å². The molecule has 184 valence electrons. The van der Waals surface area contributed by atoms with Crippen LogP contribution in [-0.2, 0) is 9.53 Å². The first-order valence-electron chi connectivity index (χ1n) is 12.0. The van der Waals surface area contributed by atoms with Gasteiger partial charge in [0.2, 0.25) is 0 Å². The molecule has 0 amide bonds. The number of carbonyl (C=O) groups is 1. The van der Waals surface area contributed by atoms with E-state index in [1.807, 2.05) is 66.7 Å². The van der Waals surface area contributed by atoms with Crippen LogP contribution in [0.25, 0.3) is 21.5 Å². The van der Waals surface area contributed by atoms with E-state index in [1.54, 1.807) is 11.8 Å². The van der Waals surface area contributed by atoms with E-state index in [0.717, 1.165) is 38.3 Å². The van der Waals surface area contributed by atoms with Gasteiger partial charge in [0.1, 0.15) is 24.7 Å². The highest BCUT2D eigenvalue weighted by atomic mass is 32.2. The van der Waals surface area contributed by atoms with Gasteiger partial charge in [-0.15, -0.1) is 0 Å². The molecule has 0 saturated heterocycles. The number of hydrogen-bond acceptors (Lipinski definition) is 5. The Bertz CT molecular complexity index is 1520. The highest BCUT2D eigenvalue weighted by molar-refractivity contribution is 7.99. The number of fused-ring (bicyclic) bond motifs is 2. The van der Waals surface area contributed by atoms with Gasteiger partial charge in [-0.05, 0) is 53.2 Å². The molecule has 0 aliphatic heterocycles. The van der Waals surface area contributed by atoms with Gasteiger partial charge >= 0.3 is 5.97 Å². The molecule has 0 aliphatic carbocycles. The molecule has 0 radical (unpaired) electrons. The first-order valence-corrected chi connectivity index (χ1v) is 12.8. The van der Waals surface area contributed by atoms with Crippen molar-refractivity contribution in [1.82, 2.24) is 0 Å². The first-order chi connectivity index (χ1) is 18.2. The second-order valence-electron chi connectivity index (χ2n) is 8.42. The van der Waals surface area contributed by atoms with Crippen molar-refractivity contribution in [1.29, 1.82) is 0 Å². The minimum Gasteiger partial charge on any atom is -0.490 e. The van der Waals surface area contributed by atoms with Crippen molar-refractivity contribution in [2.24, 2.45) is 0 Å². The van der Waals surface area contributed by atoms with Crippen molar-refractivity contribution in [3.63, 3.8) is 0 Å². The predicted molar refractivity (Wildman–Crippen MR) is 150 cm³/mol. The van der Waals surface area contributed by atoms with Gasteiger partial charge in [-0.2, -0.15) is 0 Å². The lowest BCUT2D eigenvalue weighted by Crippen LogP contribution is -2.30. The highest BCUT2D eigenvalue weighted by Crippen LogP contribution is 2.38. The molecular weight excluding hydrogens is 480 g/mol. The summed E-state index contributed by atoms with van der Waals surface area (Å²) in [7, 11) is 0. The summed E-state index contributed by atoms with van der Waals surface area (Å²) in [5.74, 6) is 0.929. The van der Waals surface area contributed by atoms with Crippen LogP contribution >= 0.6 is 11.8 Å². The Morgan fingerprint density at radius 1 is 0.730 bits per heavy atom. The smallest absolute Gasteiger partial charge is 0.330 e. The van der Waals surface area contributed by atoms with Crippen molar-refractivity contribution in [2.75, 3.05) is 13.2 Å². The first kappa shape index (κ1) is 24.5. The Labute approximate surface area is 220 Å². The Hall–Kier alpha value is -4.22. The van der Waals surface area contributed by atoms with Gasteiger partial charge in [0.05, 0.1) is 0 Å². The maximum atomic E-state index is 12.0. The minimum absolute atomic E-state index is 0.131. The van der Waals surface area contributed by atoms with E-state index in [2.05, 4.69) is 49.0 Å². The van der Waals surface area contributed by atoms with Crippen LogP contribution in [0, 0.1) is 0 Å². The second-order valence-corrected chi connectivity index (χ2v) is 9.57. The second kappa shape index (κ2) is 11.7. The van der Waals surface area contributed by atoms with Gasteiger partial charge in [-0.1, -0.05) is 85.1 Å². The van der Waals surface area contributed by atoms with Gasteiger partial charge in [0.25, 0.3) is 0 Å². The average molecular weight is 507 g/mol. The molecular formula is C32H26O4S. The van der Waals surface area contributed by atoms with Crippen LogP contribution in [-0.4, -0.2) is 25.3 Å². The van der Waals surface area contributed by atoms with Crippen LogP contribution in [0.2, 0.25) is 0 Å². The molecule has 0 N–H and O–H groups in total. The third-order valence-corrected chi connectivity index (χ3v) is 6.80. The number of para-hydroxylation sites is 1. The van der Waals surface area contributed by atoms with Gasteiger partial charge in [-0.3, -0.25) is 0 Å². The standard InChI is InChI=1S/C32H26O4S/c1-2-31(33)36-26(21-34-25-12-5-3-6-13-25)22-35-32-29-16-10-9-11-23(29)19-24-17-18-28(20-30(24)32)37-27-14-7-4-8-15-27/h2-20,26H,1,21-22H2. The predicted octanol–water partition coefficient (Wildman–Crippen LogP) is 7.70. The average Bonchev–Trinajstić information content (AvgIpc) is 2.95. The van der Waals surface area contributed by atoms with Crippen LogP contribution in [0.5, 0.6) is 11.5 Å². The molecule has 0 aromatic heterocycles. The molecule has 0 saturated carbocycles. The quantitative estimate of drug-likeness (QED) is 0.110. The van der Waals surface area contributed by atoms with E-state index in [-0.39, 0.29) is 13.2 Å². The number of rotatable bonds is 10. The van der Waals surface area contributed by atoms with Crippen molar-refractivity contribution >= 4 is 39.3 Å². The molecule has 0 aliphatic rings. The fraction of sp³-hybridized carbons (Fsp3) is 0.0938. The highest BCUT2D eigenvalue weighted by Gasteiger charge is 2.18. The number of carbonyl (C=O) groups excluding carboxylic acids is 1. The van der Waals surface area contributed by atoms with Crippen LogP contribution < -0.4 is 9.47 Å². The fourth-order valence-corrected chi connectivity index (χ4v) is 4.93. The molecule has 37 heavy (non-hydrogen) atoms. The zero-order valence-electron chi connectivity index (χ0n) is 20.2. The van der Waals surface area contributed by atoms with E-state index in [1.165, 1.54) is 4.90 Å². The minimum atomic E-state index is -0.624. The summed E-state index contributed by atoms with van der Waals surface area (Å²) in [5.41, 5.74) is 0. The largest absolute Gasteiger partial charge is 0.490 e. The molecule has 0 fully saturated rings. The summed E-state index contributed by atoms with van der Waals surface area (Å²) >= 11 is 1.70. The van der Waals surface area contributed by atoms with Crippen molar-refractivity contribution in [3.8, 4) is 11.5 Å². The van der Waals surface area contributed by atoms with Gasteiger partial charge in [0.15, 0.2) is 6.10 Å². The van der Waals surface area contributed by atoms with Crippen molar-refractivity contribution in [2.45, 2.75) is 15.9 Å². The molecule has 0 heterocycles. The Kier molecular flexibility index (Phi) is 7.72. The molecule has 5 aromatic carbocycles. The molecule has 0 spiro atoms. The van der Waals surface area contributed by atoms with E-state index >= 15 is 0 Å². The molecule has 5 aromatic rings. The Morgan fingerprint density at radius 2 is 1.41 bits per heavy atom. The third kappa shape index (κ3) is 6.13. The summed E-state index contributed by atoms with van der Waals surface area (Å²) in [4.78, 5) is 14.3. The lowest BCUT2D eigenvalue weighted by atomic mass is 10.0. The molecule has 0 bridgehead atoms. The SMILES string of the molecule is C=CC(=O)OC(COc1ccccc1)COc1c2ccccc2cc2ccc(Sc3ccccc3)cc12.